The number of phenols is 1. The standard InChI is InChI=1S/C28H34ClNO6/c1-7-34-27(33)28(5,6)36-24-13-8-18(14-17(24)4)22(31)12-11-21-25(16(2)3)35-26(30-21)20-10-9-19(29)15-23(20)32/h8-10,13-16,21,25,32H,7,11-12H2,1-6H3. The average Bonchev–Trinajstić information content (AvgIpc) is 3.23. The highest BCUT2D eigenvalue weighted by Crippen LogP contribution is 2.32. The molecule has 2 atom stereocenters. The maximum absolute atomic E-state index is 13.0. The fourth-order valence-corrected chi connectivity index (χ4v) is 4.24. The van der Waals surface area contributed by atoms with E-state index in [2.05, 4.69) is 0 Å². The molecular weight excluding hydrogens is 482 g/mol. The zero-order valence-electron chi connectivity index (χ0n) is 21.6. The number of esters is 1. The first-order valence-corrected chi connectivity index (χ1v) is 12.5. The molecule has 0 spiro atoms. The number of benzene rings is 2. The molecule has 1 heterocycles. The number of ether oxygens (including phenoxy) is 3. The number of hydrogen-bond donors (Lipinski definition) is 1. The Morgan fingerprint density at radius 3 is 2.53 bits per heavy atom. The van der Waals surface area contributed by atoms with Gasteiger partial charge >= 0.3 is 5.97 Å². The minimum atomic E-state index is -1.14. The number of carbonyl (C=O) groups is 2. The van der Waals surface area contributed by atoms with Crippen LogP contribution in [0.4, 0.5) is 0 Å². The van der Waals surface area contributed by atoms with Gasteiger partial charge in [-0.3, -0.25) is 4.79 Å². The van der Waals surface area contributed by atoms with E-state index in [9.17, 15) is 14.7 Å². The molecule has 0 aromatic heterocycles. The van der Waals surface area contributed by atoms with E-state index in [0.717, 1.165) is 5.56 Å². The predicted octanol–water partition coefficient (Wildman–Crippen LogP) is 5.91. The topological polar surface area (TPSA) is 94.4 Å². The van der Waals surface area contributed by atoms with Crippen LogP contribution in [0.25, 0.3) is 0 Å². The Hall–Kier alpha value is -3.06. The van der Waals surface area contributed by atoms with Crippen LogP contribution in [0.3, 0.4) is 0 Å². The fourth-order valence-electron chi connectivity index (χ4n) is 4.07. The van der Waals surface area contributed by atoms with Crippen LogP contribution in [-0.2, 0) is 14.3 Å². The van der Waals surface area contributed by atoms with Gasteiger partial charge in [-0.25, -0.2) is 9.79 Å². The summed E-state index contributed by atoms with van der Waals surface area (Å²) < 4.78 is 17.0. The molecule has 0 radical (unpaired) electrons. The molecule has 0 amide bonds. The molecular formula is C28H34ClNO6. The lowest BCUT2D eigenvalue weighted by Gasteiger charge is -2.25. The maximum Gasteiger partial charge on any atom is 0.349 e. The number of ketones is 1. The number of aryl methyl sites for hydroxylation is 1. The highest BCUT2D eigenvalue weighted by molar-refractivity contribution is 6.30. The summed E-state index contributed by atoms with van der Waals surface area (Å²) in [7, 11) is 0. The van der Waals surface area contributed by atoms with Gasteiger partial charge < -0.3 is 19.3 Å². The van der Waals surface area contributed by atoms with Crippen molar-refractivity contribution in [1.29, 1.82) is 0 Å². The second-order valence-electron chi connectivity index (χ2n) is 9.76. The summed E-state index contributed by atoms with van der Waals surface area (Å²) in [5.74, 6) is 0.587. The summed E-state index contributed by atoms with van der Waals surface area (Å²) in [6, 6.07) is 9.77. The molecule has 2 aromatic rings. The molecule has 7 nitrogen and oxygen atoms in total. The summed E-state index contributed by atoms with van der Waals surface area (Å²) >= 11 is 5.95. The molecule has 0 fully saturated rings. The summed E-state index contributed by atoms with van der Waals surface area (Å²) in [5, 5.41) is 10.7. The van der Waals surface area contributed by atoms with Gasteiger partial charge in [0.2, 0.25) is 5.90 Å². The van der Waals surface area contributed by atoms with Gasteiger partial charge in [-0.2, -0.15) is 0 Å². The van der Waals surface area contributed by atoms with Crippen LogP contribution in [0, 0.1) is 12.8 Å². The first-order valence-electron chi connectivity index (χ1n) is 12.2. The van der Waals surface area contributed by atoms with Crippen molar-refractivity contribution in [3.63, 3.8) is 0 Å². The number of aromatic hydroxyl groups is 1. The monoisotopic (exact) mass is 515 g/mol. The third kappa shape index (κ3) is 6.38. The van der Waals surface area contributed by atoms with E-state index >= 15 is 0 Å². The number of aliphatic imine (C=N–C) groups is 1. The summed E-state index contributed by atoms with van der Waals surface area (Å²) in [6.45, 7) is 11.2. The molecule has 0 bridgehead atoms. The van der Waals surface area contributed by atoms with Crippen molar-refractivity contribution < 1.29 is 28.9 Å². The Morgan fingerprint density at radius 2 is 1.92 bits per heavy atom. The van der Waals surface area contributed by atoms with Crippen LogP contribution in [0.5, 0.6) is 11.5 Å². The zero-order chi connectivity index (χ0) is 26.6. The van der Waals surface area contributed by atoms with E-state index in [-0.39, 0.29) is 42.6 Å². The average molecular weight is 516 g/mol. The Bertz CT molecular complexity index is 1160. The van der Waals surface area contributed by atoms with Crippen molar-refractivity contribution in [3.05, 3.63) is 58.1 Å². The molecule has 2 aromatic carbocycles. The molecule has 1 aliphatic heterocycles. The van der Waals surface area contributed by atoms with Gasteiger partial charge in [-0.05, 0) is 82.0 Å². The van der Waals surface area contributed by atoms with Crippen LogP contribution >= 0.6 is 11.6 Å². The van der Waals surface area contributed by atoms with Gasteiger partial charge in [-0.15, -0.1) is 0 Å². The highest BCUT2D eigenvalue weighted by atomic mass is 35.5. The summed E-state index contributed by atoms with van der Waals surface area (Å²) in [4.78, 5) is 29.8. The minimum absolute atomic E-state index is 0.00407. The normalized spacial score (nSPS) is 17.5. The quantitative estimate of drug-likeness (QED) is 0.312. The summed E-state index contributed by atoms with van der Waals surface area (Å²) in [6.07, 6.45) is 0.590. The Kier molecular flexibility index (Phi) is 8.67. The van der Waals surface area contributed by atoms with Gasteiger partial charge in [-0.1, -0.05) is 25.4 Å². The molecule has 0 aliphatic carbocycles. The van der Waals surface area contributed by atoms with Gasteiger partial charge in [0.25, 0.3) is 0 Å². The van der Waals surface area contributed by atoms with Crippen LogP contribution in [0.1, 0.15) is 68.9 Å². The number of carbonyl (C=O) groups excluding carboxylic acids is 2. The number of phenolic OH excluding ortho intramolecular Hbond substituents is 1. The van der Waals surface area contributed by atoms with Crippen LogP contribution in [0.2, 0.25) is 5.02 Å². The largest absolute Gasteiger partial charge is 0.507 e. The number of rotatable bonds is 10. The molecule has 194 valence electrons. The smallest absolute Gasteiger partial charge is 0.349 e. The van der Waals surface area contributed by atoms with E-state index in [4.69, 9.17) is 30.8 Å². The van der Waals surface area contributed by atoms with Crippen molar-refractivity contribution in [3.8, 4) is 11.5 Å². The minimum Gasteiger partial charge on any atom is -0.507 e. The van der Waals surface area contributed by atoms with E-state index in [1.54, 1.807) is 51.1 Å². The first kappa shape index (κ1) is 27.5. The second kappa shape index (κ2) is 11.3. The highest BCUT2D eigenvalue weighted by Gasteiger charge is 2.35. The number of Topliss-reactive ketones (excluding diaryl/α,β-unsaturated/α-hetero) is 1. The van der Waals surface area contributed by atoms with Crippen molar-refractivity contribution in [2.45, 2.75) is 72.1 Å². The second-order valence-corrected chi connectivity index (χ2v) is 10.2. The lowest BCUT2D eigenvalue weighted by Crippen LogP contribution is -2.39. The maximum atomic E-state index is 13.0. The lowest BCUT2D eigenvalue weighted by atomic mass is 9.94. The third-order valence-electron chi connectivity index (χ3n) is 6.05. The zero-order valence-corrected chi connectivity index (χ0v) is 22.4. The molecule has 0 saturated heterocycles. The molecule has 0 saturated carbocycles. The Morgan fingerprint density at radius 1 is 1.19 bits per heavy atom. The lowest BCUT2D eigenvalue weighted by molar-refractivity contribution is -0.158. The Labute approximate surface area is 217 Å². The van der Waals surface area contributed by atoms with Gasteiger partial charge in [0.05, 0.1) is 18.2 Å². The van der Waals surface area contributed by atoms with E-state index in [1.807, 2.05) is 20.8 Å². The SMILES string of the molecule is CCOC(=O)C(C)(C)Oc1ccc(C(=O)CCC2N=C(c3ccc(Cl)cc3O)OC2C(C)C)cc1C. The van der Waals surface area contributed by atoms with E-state index < -0.39 is 11.6 Å². The molecule has 3 rings (SSSR count). The third-order valence-corrected chi connectivity index (χ3v) is 6.29. The van der Waals surface area contributed by atoms with Crippen molar-refractivity contribution >= 4 is 29.3 Å². The summed E-state index contributed by atoms with van der Waals surface area (Å²) in [5.41, 5.74) is 0.652. The van der Waals surface area contributed by atoms with E-state index in [0.29, 0.717) is 34.2 Å². The molecule has 2 unspecified atom stereocenters. The predicted molar refractivity (Wildman–Crippen MR) is 139 cm³/mol. The van der Waals surface area contributed by atoms with Crippen molar-refractivity contribution in [2.75, 3.05) is 6.61 Å². The molecule has 1 aliphatic rings. The number of nitrogens with zero attached hydrogens (tertiary/aromatic N) is 1. The van der Waals surface area contributed by atoms with Crippen LogP contribution in [-0.4, -0.2) is 47.1 Å². The van der Waals surface area contributed by atoms with Gasteiger partial charge in [0, 0.05) is 17.0 Å². The first-order chi connectivity index (χ1) is 16.9. The van der Waals surface area contributed by atoms with Gasteiger partial charge in [0.1, 0.15) is 17.6 Å². The van der Waals surface area contributed by atoms with E-state index in [1.165, 1.54) is 6.07 Å². The van der Waals surface area contributed by atoms with Crippen molar-refractivity contribution in [2.24, 2.45) is 10.9 Å². The van der Waals surface area contributed by atoms with Gasteiger partial charge in [0.15, 0.2) is 11.4 Å². The van der Waals surface area contributed by atoms with Crippen LogP contribution in [0.15, 0.2) is 41.4 Å². The molecule has 36 heavy (non-hydrogen) atoms. The number of halogens is 1. The number of hydrogen-bond acceptors (Lipinski definition) is 7. The fraction of sp³-hybridized carbons (Fsp3) is 0.464. The Balaban J connectivity index is 1.70. The van der Waals surface area contributed by atoms with Crippen LogP contribution < -0.4 is 4.74 Å². The molecule has 1 N–H and O–H groups in total. The van der Waals surface area contributed by atoms with Crippen molar-refractivity contribution in [1.82, 2.24) is 0 Å². The molecule has 8 heteroatoms.